The molecule has 3 aromatic rings. The molecule has 0 spiro atoms. The van der Waals surface area contributed by atoms with Gasteiger partial charge in [-0.2, -0.15) is 0 Å². The maximum Gasteiger partial charge on any atom is 0.340 e. The zero-order valence-electron chi connectivity index (χ0n) is 11.9. The van der Waals surface area contributed by atoms with E-state index in [0.29, 0.717) is 16.7 Å². The summed E-state index contributed by atoms with van der Waals surface area (Å²) in [6.45, 7) is 0. The highest BCUT2D eigenvalue weighted by molar-refractivity contribution is 6.02. The molecule has 0 bridgehead atoms. The minimum atomic E-state index is -1.13. The standard InChI is InChI=1S/C18H12O5/c19-17(20)13-8-4-7-12(9-13)16-15(18(21)22)14(10-23-16)11-5-2-1-3-6-11/h1-10H,(H,19,20)(H,21,22). The third kappa shape index (κ3) is 2.72. The van der Waals surface area contributed by atoms with Gasteiger partial charge in [-0.1, -0.05) is 42.5 Å². The second kappa shape index (κ2) is 5.81. The van der Waals surface area contributed by atoms with Crippen molar-refractivity contribution in [1.82, 2.24) is 0 Å². The van der Waals surface area contributed by atoms with Crippen LogP contribution in [0.2, 0.25) is 0 Å². The highest BCUT2D eigenvalue weighted by atomic mass is 16.4. The van der Waals surface area contributed by atoms with Gasteiger partial charge in [-0.3, -0.25) is 0 Å². The van der Waals surface area contributed by atoms with Gasteiger partial charge >= 0.3 is 11.9 Å². The lowest BCUT2D eigenvalue weighted by atomic mass is 9.99. The summed E-state index contributed by atoms with van der Waals surface area (Å²) in [6, 6.07) is 15.0. The first-order chi connectivity index (χ1) is 11.1. The maximum absolute atomic E-state index is 11.7. The summed E-state index contributed by atoms with van der Waals surface area (Å²) in [5.74, 6) is -2.08. The molecule has 114 valence electrons. The number of carboxylic acid groups (broad SMARTS) is 2. The van der Waals surface area contributed by atoms with Gasteiger partial charge in [-0.15, -0.1) is 0 Å². The van der Waals surface area contributed by atoms with Crippen LogP contribution in [0.1, 0.15) is 20.7 Å². The van der Waals surface area contributed by atoms with Crippen LogP contribution in [0.25, 0.3) is 22.5 Å². The molecule has 2 aromatic carbocycles. The highest BCUT2D eigenvalue weighted by Gasteiger charge is 2.23. The molecule has 1 heterocycles. The summed E-state index contributed by atoms with van der Waals surface area (Å²) < 4.78 is 5.46. The molecule has 1 aromatic heterocycles. The average Bonchev–Trinajstić information content (AvgIpc) is 3.01. The summed E-state index contributed by atoms with van der Waals surface area (Å²) in [5, 5.41) is 18.6. The third-order valence-electron chi connectivity index (χ3n) is 3.46. The molecule has 0 saturated heterocycles. The number of benzene rings is 2. The molecule has 0 fully saturated rings. The van der Waals surface area contributed by atoms with Gasteiger partial charge in [0.1, 0.15) is 11.3 Å². The smallest absolute Gasteiger partial charge is 0.340 e. The van der Waals surface area contributed by atoms with Gasteiger partial charge in [-0.25, -0.2) is 9.59 Å². The SMILES string of the molecule is O=C(O)c1cccc(-c2occ(-c3ccccc3)c2C(=O)O)c1. The molecule has 0 aliphatic heterocycles. The fourth-order valence-electron chi connectivity index (χ4n) is 2.41. The van der Waals surface area contributed by atoms with Crippen LogP contribution in [0.15, 0.2) is 65.3 Å². The van der Waals surface area contributed by atoms with Crippen molar-refractivity contribution in [2.75, 3.05) is 0 Å². The van der Waals surface area contributed by atoms with Crippen LogP contribution in [0.4, 0.5) is 0 Å². The van der Waals surface area contributed by atoms with E-state index in [0.717, 1.165) is 0 Å². The molecule has 23 heavy (non-hydrogen) atoms. The predicted molar refractivity (Wildman–Crippen MR) is 83.5 cm³/mol. The van der Waals surface area contributed by atoms with Crippen molar-refractivity contribution in [3.8, 4) is 22.5 Å². The van der Waals surface area contributed by atoms with E-state index in [1.54, 1.807) is 36.4 Å². The number of aromatic carboxylic acids is 2. The van der Waals surface area contributed by atoms with Gasteiger partial charge < -0.3 is 14.6 Å². The monoisotopic (exact) mass is 308 g/mol. The Morgan fingerprint density at radius 3 is 2.17 bits per heavy atom. The van der Waals surface area contributed by atoms with E-state index in [4.69, 9.17) is 9.52 Å². The van der Waals surface area contributed by atoms with Crippen LogP contribution >= 0.6 is 0 Å². The third-order valence-corrected chi connectivity index (χ3v) is 3.46. The molecular formula is C18H12O5. The highest BCUT2D eigenvalue weighted by Crippen LogP contribution is 2.34. The Hall–Kier alpha value is -3.34. The van der Waals surface area contributed by atoms with Crippen molar-refractivity contribution >= 4 is 11.9 Å². The lowest BCUT2D eigenvalue weighted by Gasteiger charge is -2.03. The Morgan fingerprint density at radius 2 is 1.52 bits per heavy atom. The topological polar surface area (TPSA) is 87.7 Å². The first-order valence-electron chi connectivity index (χ1n) is 6.82. The lowest BCUT2D eigenvalue weighted by Crippen LogP contribution is -2.00. The molecule has 5 nitrogen and oxygen atoms in total. The van der Waals surface area contributed by atoms with Gasteiger partial charge in [0.2, 0.25) is 0 Å². The first kappa shape index (κ1) is 14.6. The first-order valence-corrected chi connectivity index (χ1v) is 6.82. The van der Waals surface area contributed by atoms with Crippen molar-refractivity contribution in [3.05, 3.63) is 72.0 Å². The molecule has 0 unspecified atom stereocenters. The van der Waals surface area contributed by atoms with Crippen LogP contribution in [0.5, 0.6) is 0 Å². The fourth-order valence-corrected chi connectivity index (χ4v) is 2.41. The largest absolute Gasteiger partial charge is 0.478 e. The van der Waals surface area contributed by atoms with Crippen molar-refractivity contribution in [3.63, 3.8) is 0 Å². The Kier molecular flexibility index (Phi) is 3.68. The molecule has 3 rings (SSSR count). The maximum atomic E-state index is 11.7. The van der Waals surface area contributed by atoms with E-state index in [-0.39, 0.29) is 16.9 Å². The second-order valence-electron chi connectivity index (χ2n) is 4.91. The van der Waals surface area contributed by atoms with Gasteiger partial charge in [-0.05, 0) is 17.7 Å². The molecule has 0 aliphatic rings. The fraction of sp³-hybridized carbons (Fsp3) is 0. The molecular weight excluding hydrogens is 296 g/mol. The van der Waals surface area contributed by atoms with Crippen LogP contribution in [0, 0.1) is 0 Å². The van der Waals surface area contributed by atoms with Gasteiger partial charge in [0.15, 0.2) is 0 Å². The van der Waals surface area contributed by atoms with E-state index < -0.39 is 11.9 Å². The van der Waals surface area contributed by atoms with Gasteiger partial charge in [0, 0.05) is 11.1 Å². The molecule has 0 saturated carbocycles. The zero-order chi connectivity index (χ0) is 16.4. The van der Waals surface area contributed by atoms with E-state index in [1.807, 2.05) is 6.07 Å². The Balaban J connectivity index is 2.18. The number of rotatable bonds is 4. The zero-order valence-corrected chi connectivity index (χ0v) is 11.9. The predicted octanol–water partition coefficient (Wildman–Crippen LogP) is 4.01. The Labute approximate surface area is 131 Å². The molecule has 0 amide bonds. The van der Waals surface area contributed by atoms with Crippen molar-refractivity contribution in [2.24, 2.45) is 0 Å². The van der Waals surface area contributed by atoms with Crippen LogP contribution in [0.3, 0.4) is 0 Å². The molecule has 0 atom stereocenters. The molecule has 2 N–H and O–H groups in total. The summed E-state index contributed by atoms with van der Waals surface area (Å²) >= 11 is 0. The number of carboxylic acids is 2. The van der Waals surface area contributed by atoms with E-state index in [1.165, 1.54) is 18.4 Å². The van der Waals surface area contributed by atoms with E-state index in [9.17, 15) is 14.7 Å². The average molecular weight is 308 g/mol. The van der Waals surface area contributed by atoms with Crippen molar-refractivity contribution in [2.45, 2.75) is 0 Å². The minimum absolute atomic E-state index is 0.0127. The van der Waals surface area contributed by atoms with Crippen molar-refractivity contribution < 1.29 is 24.2 Å². The van der Waals surface area contributed by atoms with E-state index in [2.05, 4.69) is 0 Å². The second-order valence-corrected chi connectivity index (χ2v) is 4.91. The molecule has 0 aliphatic carbocycles. The Morgan fingerprint density at radius 1 is 0.826 bits per heavy atom. The van der Waals surface area contributed by atoms with Crippen LogP contribution in [-0.4, -0.2) is 22.2 Å². The van der Waals surface area contributed by atoms with Gasteiger partial charge in [0.25, 0.3) is 0 Å². The van der Waals surface area contributed by atoms with Crippen molar-refractivity contribution in [1.29, 1.82) is 0 Å². The van der Waals surface area contributed by atoms with Crippen LogP contribution < -0.4 is 0 Å². The number of hydrogen-bond acceptors (Lipinski definition) is 3. The number of furan rings is 1. The molecule has 0 radical (unpaired) electrons. The molecule has 5 heteroatoms. The summed E-state index contributed by atoms with van der Waals surface area (Å²) in [4.78, 5) is 22.8. The summed E-state index contributed by atoms with van der Waals surface area (Å²) in [6.07, 6.45) is 1.38. The normalized spacial score (nSPS) is 10.4. The summed E-state index contributed by atoms with van der Waals surface area (Å²) in [5.41, 5.74) is 1.66. The number of carbonyl (C=O) groups is 2. The number of hydrogen-bond donors (Lipinski definition) is 2. The van der Waals surface area contributed by atoms with E-state index >= 15 is 0 Å². The minimum Gasteiger partial charge on any atom is -0.478 e. The summed E-state index contributed by atoms with van der Waals surface area (Å²) in [7, 11) is 0. The quantitative estimate of drug-likeness (QED) is 0.760. The lowest BCUT2D eigenvalue weighted by molar-refractivity contribution is 0.0687. The Bertz CT molecular complexity index is 877. The van der Waals surface area contributed by atoms with Gasteiger partial charge in [0.05, 0.1) is 11.8 Å². The van der Waals surface area contributed by atoms with Crippen LogP contribution in [-0.2, 0) is 0 Å².